The summed E-state index contributed by atoms with van der Waals surface area (Å²) in [4.78, 5) is 31.6. The van der Waals surface area contributed by atoms with Crippen LogP contribution in [-0.2, 0) is 9.53 Å². The van der Waals surface area contributed by atoms with Gasteiger partial charge < -0.3 is 19.6 Å². The molecule has 0 aliphatic heterocycles. The number of carbonyl (C=O) groups is 1. The van der Waals surface area contributed by atoms with Gasteiger partial charge in [-0.05, 0) is 23.8 Å². The Labute approximate surface area is 169 Å². The first-order valence-corrected chi connectivity index (χ1v) is 9.66. The van der Waals surface area contributed by atoms with Crippen LogP contribution in [0.3, 0.4) is 0 Å². The molecule has 0 aliphatic carbocycles. The summed E-state index contributed by atoms with van der Waals surface area (Å²) in [6.45, 7) is 4.90. The zero-order valence-corrected chi connectivity index (χ0v) is 16.9. The molecule has 6 nitrogen and oxygen atoms in total. The van der Waals surface area contributed by atoms with E-state index in [4.69, 9.17) is 4.74 Å². The smallest absolute Gasteiger partial charge is 0.249 e. The van der Waals surface area contributed by atoms with Gasteiger partial charge in [-0.25, -0.2) is 0 Å². The third-order valence-corrected chi connectivity index (χ3v) is 4.65. The van der Waals surface area contributed by atoms with E-state index < -0.39 is 0 Å². The Bertz CT molecular complexity index is 1180. The summed E-state index contributed by atoms with van der Waals surface area (Å²) in [5.41, 5.74) is 4.85. The molecule has 0 unspecified atom stereocenters. The largest absolute Gasteiger partial charge is 0.383 e. The minimum Gasteiger partial charge on any atom is -0.383 e. The van der Waals surface area contributed by atoms with Crippen molar-refractivity contribution in [2.75, 3.05) is 25.2 Å². The van der Waals surface area contributed by atoms with Crippen molar-refractivity contribution in [3.05, 3.63) is 65.0 Å². The molecule has 2 aromatic carbocycles. The Morgan fingerprint density at radius 1 is 1.00 bits per heavy atom. The number of rotatable bonds is 6. The quantitative estimate of drug-likeness (QED) is 0.481. The van der Waals surface area contributed by atoms with Crippen molar-refractivity contribution in [3.63, 3.8) is 0 Å². The zero-order valence-electron chi connectivity index (χ0n) is 16.9. The van der Waals surface area contributed by atoms with Crippen molar-refractivity contribution in [1.29, 1.82) is 0 Å². The molecule has 2 aromatic heterocycles. The highest BCUT2D eigenvalue weighted by molar-refractivity contribution is 6.09. The van der Waals surface area contributed by atoms with Crippen molar-refractivity contribution in [2.24, 2.45) is 0 Å². The van der Waals surface area contributed by atoms with Gasteiger partial charge in [0.05, 0.1) is 17.6 Å². The SMILES string of the molecule is CC.COCCN(C=O)c1cccc(-c2cc(=O)[nH]c3c2[nH]c2ccccc23)c1. The van der Waals surface area contributed by atoms with Gasteiger partial charge >= 0.3 is 0 Å². The Morgan fingerprint density at radius 2 is 1.79 bits per heavy atom. The van der Waals surface area contributed by atoms with E-state index in [9.17, 15) is 9.59 Å². The maximum absolute atomic E-state index is 12.3. The number of pyridine rings is 1. The summed E-state index contributed by atoms with van der Waals surface area (Å²) in [6, 6.07) is 17.0. The molecule has 4 aromatic rings. The lowest BCUT2D eigenvalue weighted by Gasteiger charge is -2.18. The van der Waals surface area contributed by atoms with Crippen LogP contribution in [0.2, 0.25) is 0 Å². The van der Waals surface area contributed by atoms with Crippen LogP contribution in [-0.4, -0.2) is 36.6 Å². The van der Waals surface area contributed by atoms with E-state index in [0.717, 1.165) is 45.2 Å². The molecule has 29 heavy (non-hydrogen) atoms. The van der Waals surface area contributed by atoms with E-state index in [-0.39, 0.29) is 5.56 Å². The second-order valence-corrected chi connectivity index (χ2v) is 6.31. The minimum atomic E-state index is -0.167. The van der Waals surface area contributed by atoms with Gasteiger partial charge in [-0.3, -0.25) is 9.59 Å². The van der Waals surface area contributed by atoms with E-state index in [0.29, 0.717) is 13.2 Å². The fourth-order valence-corrected chi connectivity index (χ4v) is 3.35. The second kappa shape index (κ2) is 9.21. The molecule has 0 fully saturated rings. The molecule has 0 bridgehead atoms. The average molecular weight is 391 g/mol. The summed E-state index contributed by atoms with van der Waals surface area (Å²) >= 11 is 0. The number of para-hydroxylation sites is 1. The van der Waals surface area contributed by atoms with Crippen LogP contribution in [0.4, 0.5) is 5.69 Å². The number of amides is 1. The van der Waals surface area contributed by atoms with Crippen molar-refractivity contribution >= 4 is 34.0 Å². The second-order valence-electron chi connectivity index (χ2n) is 6.31. The first kappa shape index (κ1) is 20.4. The zero-order chi connectivity index (χ0) is 20.8. The standard InChI is InChI=1S/C21H19N3O3.C2H6/c1-27-10-9-24(13-25)15-6-4-5-14(11-15)17-12-19(26)23-20-16-7-2-3-8-18(16)22-21(17)20;1-2/h2-8,11-13,22H,9-10H2,1H3,(H,23,26);1-2H3. The molecule has 0 aliphatic rings. The number of hydrogen-bond acceptors (Lipinski definition) is 3. The van der Waals surface area contributed by atoms with E-state index in [1.807, 2.05) is 62.4 Å². The predicted octanol–water partition coefficient (Wildman–Crippen LogP) is 4.31. The number of aromatic nitrogens is 2. The first-order valence-electron chi connectivity index (χ1n) is 9.66. The van der Waals surface area contributed by atoms with Crippen LogP contribution >= 0.6 is 0 Å². The van der Waals surface area contributed by atoms with Gasteiger partial charge in [0, 0.05) is 41.9 Å². The number of nitrogens with zero attached hydrogens (tertiary/aromatic N) is 1. The molecule has 6 heteroatoms. The summed E-state index contributed by atoms with van der Waals surface area (Å²) in [5, 5.41) is 0.970. The molecule has 0 radical (unpaired) electrons. The monoisotopic (exact) mass is 391 g/mol. The fraction of sp³-hybridized carbons (Fsp3) is 0.217. The van der Waals surface area contributed by atoms with Crippen LogP contribution in [0.1, 0.15) is 13.8 Å². The van der Waals surface area contributed by atoms with Gasteiger partial charge in [-0.1, -0.05) is 44.2 Å². The number of methoxy groups -OCH3 is 1. The van der Waals surface area contributed by atoms with Gasteiger partial charge in [0.15, 0.2) is 0 Å². The van der Waals surface area contributed by atoms with E-state index >= 15 is 0 Å². The van der Waals surface area contributed by atoms with E-state index in [1.54, 1.807) is 18.1 Å². The predicted molar refractivity (Wildman–Crippen MR) is 118 cm³/mol. The lowest BCUT2D eigenvalue weighted by atomic mass is 10.0. The number of benzene rings is 2. The first-order chi connectivity index (χ1) is 14.2. The maximum Gasteiger partial charge on any atom is 0.249 e. The Balaban J connectivity index is 0.00000117. The van der Waals surface area contributed by atoms with Crippen molar-refractivity contribution in [1.82, 2.24) is 9.97 Å². The molecule has 150 valence electrons. The summed E-state index contributed by atoms with van der Waals surface area (Å²) in [7, 11) is 1.60. The molecule has 2 N–H and O–H groups in total. The number of H-pyrrole nitrogens is 2. The Hall–Kier alpha value is -3.38. The number of anilines is 1. The fourth-order valence-electron chi connectivity index (χ4n) is 3.35. The molecule has 4 rings (SSSR count). The maximum atomic E-state index is 12.3. The van der Waals surface area contributed by atoms with E-state index in [1.165, 1.54) is 0 Å². The molecule has 2 heterocycles. The van der Waals surface area contributed by atoms with Crippen molar-refractivity contribution in [3.8, 4) is 11.1 Å². The van der Waals surface area contributed by atoms with Crippen LogP contribution in [0.25, 0.3) is 33.1 Å². The van der Waals surface area contributed by atoms with Crippen LogP contribution in [0.15, 0.2) is 59.4 Å². The molecular weight excluding hydrogens is 366 g/mol. The van der Waals surface area contributed by atoms with Gasteiger partial charge in [0.1, 0.15) is 0 Å². The van der Waals surface area contributed by atoms with Crippen LogP contribution in [0, 0.1) is 0 Å². The average Bonchev–Trinajstić information content (AvgIpc) is 3.14. The number of carbonyl (C=O) groups excluding carboxylic acids is 1. The van der Waals surface area contributed by atoms with Crippen LogP contribution in [0.5, 0.6) is 0 Å². The summed E-state index contributed by atoms with van der Waals surface area (Å²) in [5.74, 6) is 0. The van der Waals surface area contributed by atoms with Crippen molar-refractivity contribution in [2.45, 2.75) is 13.8 Å². The topological polar surface area (TPSA) is 78.2 Å². The molecule has 0 spiro atoms. The van der Waals surface area contributed by atoms with Crippen LogP contribution < -0.4 is 10.5 Å². The molecule has 0 saturated heterocycles. The molecular formula is C23H25N3O3. The highest BCUT2D eigenvalue weighted by Crippen LogP contribution is 2.32. The number of aromatic amines is 2. The highest BCUT2D eigenvalue weighted by Gasteiger charge is 2.13. The third-order valence-electron chi connectivity index (χ3n) is 4.65. The molecule has 1 amide bonds. The normalized spacial score (nSPS) is 10.6. The molecule has 0 saturated carbocycles. The van der Waals surface area contributed by atoms with Crippen molar-refractivity contribution < 1.29 is 9.53 Å². The Morgan fingerprint density at radius 3 is 2.55 bits per heavy atom. The van der Waals surface area contributed by atoms with E-state index in [2.05, 4.69) is 9.97 Å². The summed E-state index contributed by atoms with van der Waals surface area (Å²) < 4.78 is 5.07. The number of hydrogen-bond donors (Lipinski definition) is 2. The third kappa shape index (κ3) is 4.07. The number of fused-ring (bicyclic) bond motifs is 3. The van der Waals surface area contributed by atoms with Gasteiger partial charge in [0.25, 0.3) is 0 Å². The van der Waals surface area contributed by atoms with Gasteiger partial charge in [-0.2, -0.15) is 0 Å². The Kier molecular flexibility index (Phi) is 6.46. The minimum absolute atomic E-state index is 0.167. The molecule has 0 atom stereocenters. The number of ether oxygens (including phenoxy) is 1. The van der Waals surface area contributed by atoms with Gasteiger partial charge in [0.2, 0.25) is 12.0 Å². The lowest BCUT2D eigenvalue weighted by Crippen LogP contribution is -2.25. The summed E-state index contributed by atoms with van der Waals surface area (Å²) in [6.07, 6.45) is 0.786. The highest BCUT2D eigenvalue weighted by atomic mass is 16.5. The van der Waals surface area contributed by atoms with Gasteiger partial charge in [-0.15, -0.1) is 0 Å². The lowest BCUT2D eigenvalue weighted by molar-refractivity contribution is -0.107. The number of nitrogens with one attached hydrogen (secondary N) is 2.